The average molecular weight is 258 g/mol. The summed E-state index contributed by atoms with van der Waals surface area (Å²) < 4.78 is 6.52. The fourth-order valence-corrected chi connectivity index (χ4v) is 2.16. The van der Waals surface area contributed by atoms with E-state index < -0.39 is 0 Å². The second-order valence-electron chi connectivity index (χ2n) is 3.59. The molecule has 0 aliphatic carbocycles. The van der Waals surface area contributed by atoms with Gasteiger partial charge < -0.3 is 4.52 Å². The topological polar surface area (TPSA) is 56.7 Å². The molecule has 0 atom stereocenters. The quantitative estimate of drug-likeness (QED) is 0.673. The molecule has 6 heteroatoms. The van der Waals surface area contributed by atoms with Gasteiger partial charge in [-0.15, -0.1) is 5.10 Å². The molecule has 0 fully saturated rings. The van der Waals surface area contributed by atoms with Crippen molar-refractivity contribution in [3.8, 4) is 5.69 Å². The molecule has 0 aliphatic rings. The standard InChI is InChI=1S/C12H10N4OS/c1-2-4-11(5-3-1)16-9-13-12(14-16)18-8-10-6-7-17-15-10/h1-7,9H,8H2. The van der Waals surface area contributed by atoms with Crippen molar-refractivity contribution in [1.82, 2.24) is 19.9 Å². The Bertz CT molecular complexity index is 606. The lowest BCUT2D eigenvalue weighted by atomic mass is 10.3. The Morgan fingerprint density at radius 3 is 2.83 bits per heavy atom. The van der Waals surface area contributed by atoms with Gasteiger partial charge in [-0.1, -0.05) is 35.1 Å². The highest BCUT2D eigenvalue weighted by Crippen LogP contribution is 2.18. The van der Waals surface area contributed by atoms with Crippen LogP contribution in [-0.2, 0) is 5.75 Å². The summed E-state index contributed by atoms with van der Waals surface area (Å²) in [4.78, 5) is 4.25. The van der Waals surface area contributed by atoms with E-state index in [2.05, 4.69) is 15.2 Å². The van der Waals surface area contributed by atoms with Crippen molar-refractivity contribution in [3.05, 3.63) is 54.7 Å². The van der Waals surface area contributed by atoms with Crippen molar-refractivity contribution in [2.24, 2.45) is 0 Å². The minimum atomic E-state index is 0.704. The molecule has 0 N–H and O–H groups in total. The van der Waals surface area contributed by atoms with Crippen molar-refractivity contribution in [1.29, 1.82) is 0 Å². The highest BCUT2D eigenvalue weighted by Gasteiger charge is 2.05. The van der Waals surface area contributed by atoms with Crippen LogP contribution in [0.3, 0.4) is 0 Å². The Balaban J connectivity index is 1.70. The first kappa shape index (κ1) is 11.0. The van der Waals surface area contributed by atoms with Gasteiger partial charge in [-0.3, -0.25) is 0 Å². The Morgan fingerprint density at radius 1 is 1.17 bits per heavy atom. The van der Waals surface area contributed by atoms with E-state index in [-0.39, 0.29) is 0 Å². The summed E-state index contributed by atoms with van der Waals surface area (Å²) in [6, 6.07) is 11.7. The highest BCUT2D eigenvalue weighted by molar-refractivity contribution is 7.98. The molecule has 3 rings (SSSR count). The van der Waals surface area contributed by atoms with Crippen LogP contribution in [0, 0.1) is 0 Å². The lowest BCUT2D eigenvalue weighted by molar-refractivity contribution is 0.414. The van der Waals surface area contributed by atoms with Gasteiger partial charge in [0.2, 0.25) is 5.16 Å². The van der Waals surface area contributed by atoms with Crippen molar-refractivity contribution in [3.63, 3.8) is 0 Å². The van der Waals surface area contributed by atoms with Crippen LogP contribution in [0.5, 0.6) is 0 Å². The number of hydrogen-bond donors (Lipinski definition) is 0. The number of rotatable bonds is 4. The third-order valence-corrected chi connectivity index (χ3v) is 3.22. The molecule has 1 aromatic carbocycles. The summed E-state index contributed by atoms with van der Waals surface area (Å²) >= 11 is 1.53. The summed E-state index contributed by atoms with van der Waals surface area (Å²) in [5.74, 6) is 0.704. The number of benzene rings is 1. The first-order chi connectivity index (χ1) is 8.92. The molecule has 0 spiro atoms. The van der Waals surface area contributed by atoms with Crippen LogP contribution in [0.25, 0.3) is 5.69 Å². The summed E-state index contributed by atoms with van der Waals surface area (Å²) in [6.45, 7) is 0. The Labute approximate surface area is 108 Å². The number of aromatic nitrogens is 4. The summed E-state index contributed by atoms with van der Waals surface area (Å²) in [5.41, 5.74) is 1.88. The number of para-hydroxylation sites is 1. The number of thioether (sulfide) groups is 1. The molecule has 0 unspecified atom stereocenters. The maximum atomic E-state index is 4.77. The van der Waals surface area contributed by atoms with Crippen LogP contribution in [0.1, 0.15) is 5.69 Å². The average Bonchev–Trinajstić information content (AvgIpc) is 3.09. The SMILES string of the molecule is c1ccc(-n2cnc(SCc3ccon3)n2)cc1. The smallest absolute Gasteiger partial charge is 0.209 e. The van der Waals surface area contributed by atoms with Crippen molar-refractivity contribution in [2.45, 2.75) is 10.9 Å². The van der Waals surface area contributed by atoms with Gasteiger partial charge in [0, 0.05) is 11.8 Å². The zero-order chi connectivity index (χ0) is 12.2. The molecule has 0 bridgehead atoms. The number of hydrogen-bond acceptors (Lipinski definition) is 5. The van der Waals surface area contributed by atoms with Crippen LogP contribution in [0.4, 0.5) is 0 Å². The largest absolute Gasteiger partial charge is 0.364 e. The fraction of sp³-hybridized carbons (Fsp3) is 0.0833. The van der Waals surface area contributed by atoms with E-state index in [1.165, 1.54) is 11.8 Å². The maximum Gasteiger partial charge on any atom is 0.209 e. The molecule has 18 heavy (non-hydrogen) atoms. The van der Waals surface area contributed by atoms with Crippen LogP contribution in [0.15, 0.2) is 58.7 Å². The third kappa shape index (κ3) is 2.43. The molecule has 5 nitrogen and oxygen atoms in total. The van der Waals surface area contributed by atoms with E-state index in [1.54, 1.807) is 17.3 Å². The highest BCUT2D eigenvalue weighted by atomic mass is 32.2. The monoisotopic (exact) mass is 258 g/mol. The van der Waals surface area contributed by atoms with Gasteiger partial charge in [0.1, 0.15) is 12.6 Å². The van der Waals surface area contributed by atoms with Gasteiger partial charge in [-0.05, 0) is 12.1 Å². The second-order valence-corrected chi connectivity index (χ2v) is 4.53. The first-order valence-corrected chi connectivity index (χ1v) is 6.39. The van der Waals surface area contributed by atoms with Crippen molar-refractivity contribution >= 4 is 11.8 Å². The molecule has 0 amide bonds. The van der Waals surface area contributed by atoms with E-state index in [9.17, 15) is 0 Å². The van der Waals surface area contributed by atoms with E-state index >= 15 is 0 Å². The third-order valence-electron chi connectivity index (χ3n) is 2.33. The molecular formula is C12H10N4OS. The molecule has 2 aromatic heterocycles. The molecule has 3 aromatic rings. The maximum absolute atomic E-state index is 4.77. The molecule has 2 heterocycles. The van der Waals surface area contributed by atoms with Crippen molar-refractivity contribution < 1.29 is 4.52 Å². The fourth-order valence-electron chi connectivity index (χ4n) is 1.47. The summed E-state index contributed by atoms with van der Waals surface area (Å²) in [7, 11) is 0. The Morgan fingerprint density at radius 2 is 2.06 bits per heavy atom. The Kier molecular flexibility index (Phi) is 3.10. The Hall–Kier alpha value is -2.08. The van der Waals surface area contributed by atoms with Gasteiger partial charge in [0.25, 0.3) is 0 Å². The summed E-state index contributed by atoms with van der Waals surface area (Å²) in [6.07, 6.45) is 3.27. The van der Waals surface area contributed by atoms with Gasteiger partial charge in [-0.2, -0.15) is 0 Å². The van der Waals surface area contributed by atoms with Crippen LogP contribution < -0.4 is 0 Å². The van der Waals surface area contributed by atoms with E-state index in [1.807, 2.05) is 36.4 Å². The zero-order valence-electron chi connectivity index (χ0n) is 9.43. The van der Waals surface area contributed by atoms with Gasteiger partial charge in [-0.25, -0.2) is 9.67 Å². The van der Waals surface area contributed by atoms with Gasteiger partial charge in [0.05, 0.1) is 11.4 Å². The second kappa shape index (κ2) is 5.05. The van der Waals surface area contributed by atoms with E-state index in [0.29, 0.717) is 5.75 Å². The van der Waals surface area contributed by atoms with E-state index in [0.717, 1.165) is 16.5 Å². The summed E-state index contributed by atoms with van der Waals surface area (Å²) in [5, 5.41) is 8.95. The molecule has 0 aliphatic heterocycles. The molecule has 90 valence electrons. The van der Waals surface area contributed by atoms with Crippen LogP contribution >= 0.6 is 11.8 Å². The first-order valence-electron chi connectivity index (χ1n) is 5.41. The van der Waals surface area contributed by atoms with Crippen LogP contribution in [0.2, 0.25) is 0 Å². The minimum Gasteiger partial charge on any atom is -0.364 e. The zero-order valence-corrected chi connectivity index (χ0v) is 10.2. The molecule has 0 saturated carbocycles. The van der Waals surface area contributed by atoms with Crippen molar-refractivity contribution in [2.75, 3.05) is 0 Å². The number of nitrogens with zero attached hydrogens (tertiary/aromatic N) is 4. The molecular weight excluding hydrogens is 248 g/mol. The van der Waals surface area contributed by atoms with Gasteiger partial charge in [0.15, 0.2) is 0 Å². The normalized spacial score (nSPS) is 10.7. The minimum absolute atomic E-state index is 0.704. The lowest BCUT2D eigenvalue weighted by Gasteiger charge is -1.97. The van der Waals surface area contributed by atoms with Crippen LogP contribution in [-0.4, -0.2) is 19.9 Å². The molecule has 0 saturated heterocycles. The van der Waals surface area contributed by atoms with Gasteiger partial charge >= 0.3 is 0 Å². The lowest BCUT2D eigenvalue weighted by Crippen LogP contribution is -1.93. The predicted octanol–water partition coefficient (Wildman–Crippen LogP) is 2.55. The van der Waals surface area contributed by atoms with E-state index in [4.69, 9.17) is 4.52 Å². The predicted molar refractivity (Wildman–Crippen MR) is 67.4 cm³/mol. The molecule has 0 radical (unpaired) electrons.